The molecule has 3 rings (SSSR count). The van der Waals surface area contributed by atoms with Crippen molar-refractivity contribution in [1.29, 1.82) is 0 Å². The number of halogens is 2. The first kappa shape index (κ1) is 18.9. The van der Waals surface area contributed by atoms with Crippen molar-refractivity contribution in [3.63, 3.8) is 0 Å². The van der Waals surface area contributed by atoms with Crippen molar-refractivity contribution in [2.75, 3.05) is 42.9 Å². The van der Waals surface area contributed by atoms with Gasteiger partial charge in [-0.1, -0.05) is 12.1 Å². The van der Waals surface area contributed by atoms with Gasteiger partial charge in [-0.25, -0.2) is 0 Å². The Bertz CT molecular complexity index is 763. The number of amides is 1. The Hall–Kier alpha value is -2.87. The Morgan fingerprint density at radius 1 is 1.07 bits per heavy atom. The molecule has 2 aromatic rings. The molecule has 1 saturated heterocycles. The number of benzene rings is 2. The van der Waals surface area contributed by atoms with E-state index in [2.05, 4.69) is 15.0 Å². The summed E-state index contributed by atoms with van der Waals surface area (Å²) in [6, 6.07) is 13.1. The molecule has 0 aromatic heterocycles. The smallest absolute Gasteiger partial charge is 0.387 e. The Kier molecular flexibility index (Phi) is 6.08. The quantitative estimate of drug-likeness (QED) is 0.811. The lowest BCUT2D eigenvalue weighted by Crippen LogP contribution is -2.48. The molecular formula is C19H21F2N3O3. The fourth-order valence-corrected chi connectivity index (χ4v) is 2.99. The highest BCUT2D eigenvalue weighted by molar-refractivity contribution is 5.93. The number of phenolic OH excluding ortho intramolecular Hbond substituents is 1. The number of anilines is 2. The summed E-state index contributed by atoms with van der Waals surface area (Å²) in [6.07, 6.45) is 0. The van der Waals surface area contributed by atoms with E-state index in [0.717, 1.165) is 18.8 Å². The van der Waals surface area contributed by atoms with Crippen LogP contribution in [0, 0.1) is 0 Å². The topological polar surface area (TPSA) is 65.0 Å². The molecule has 0 bridgehead atoms. The number of piperazine rings is 1. The van der Waals surface area contributed by atoms with Gasteiger partial charge in [0.15, 0.2) is 0 Å². The van der Waals surface area contributed by atoms with E-state index >= 15 is 0 Å². The summed E-state index contributed by atoms with van der Waals surface area (Å²) in [4.78, 5) is 16.5. The molecule has 1 aliphatic rings. The normalized spacial score (nSPS) is 15.0. The van der Waals surface area contributed by atoms with Gasteiger partial charge >= 0.3 is 6.61 Å². The van der Waals surface area contributed by atoms with Crippen LogP contribution in [-0.2, 0) is 4.79 Å². The van der Waals surface area contributed by atoms with Gasteiger partial charge < -0.3 is 20.1 Å². The molecule has 0 unspecified atom stereocenters. The van der Waals surface area contributed by atoms with Gasteiger partial charge in [-0.05, 0) is 36.4 Å². The predicted octanol–water partition coefficient (Wildman–Crippen LogP) is 2.75. The Morgan fingerprint density at radius 3 is 2.41 bits per heavy atom. The number of aromatic hydroxyl groups is 1. The average Bonchev–Trinajstić information content (AvgIpc) is 2.64. The van der Waals surface area contributed by atoms with Gasteiger partial charge in [0.1, 0.15) is 11.5 Å². The van der Waals surface area contributed by atoms with E-state index in [1.807, 2.05) is 17.0 Å². The van der Waals surface area contributed by atoms with Gasteiger partial charge in [0, 0.05) is 31.9 Å². The van der Waals surface area contributed by atoms with Gasteiger partial charge in [0.05, 0.1) is 12.2 Å². The van der Waals surface area contributed by atoms with E-state index in [4.69, 9.17) is 0 Å². The second-order valence-electron chi connectivity index (χ2n) is 6.20. The van der Waals surface area contributed by atoms with E-state index in [9.17, 15) is 18.7 Å². The standard InChI is InChI=1S/C19H21F2N3O3/c20-19(21)27-17-4-2-1-3-16(17)22-18(26)13-23-9-11-24(12-10-23)14-5-7-15(25)8-6-14/h1-8,19,25H,9-13H2,(H,22,26). The summed E-state index contributed by atoms with van der Waals surface area (Å²) < 4.78 is 29.3. The SMILES string of the molecule is O=C(CN1CCN(c2ccc(O)cc2)CC1)Nc1ccccc1OC(F)F. The monoisotopic (exact) mass is 377 g/mol. The van der Waals surface area contributed by atoms with Crippen molar-refractivity contribution in [3.05, 3.63) is 48.5 Å². The molecule has 8 heteroatoms. The Balaban J connectivity index is 1.51. The minimum atomic E-state index is -2.95. The lowest BCUT2D eigenvalue weighted by molar-refractivity contribution is -0.117. The zero-order valence-corrected chi connectivity index (χ0v) is 14.6. The van der Waals surface area contributed by atoms with Crippen molar-refractivity contribution in [3.8, 4) is 11.5 Å². The highest BCUT2D eigenvalue weighted by Crippen LogP contribution is 2.25. The summed E-state index contributed by atoms with van der Waals surface area (Å²) >= 11 is 0. The van der Waals surface area contributed by atoms with Crippen LogP contribution in [0.3, 0.4) is 0 Å². The fraction of sp³-hybridized carbons (Fsp3) is 0.316. The van der Waals surface area contributed by atoms with Crippen LogP contribution in [0.2, 0.25) is 0 Å². The molecule has 6 nitrogen and oxygen atoms in total. The van der Waals surface area contributed by atoms with Crippen LogP contribution in [0.4, 0.5) is 20.2 Å². The third-order valence-electron chi connectivity index (χ3n) is 4.33. The number of rotatable bonds is 6. The van der Waals surface area contributed by atoms with Crippen LogP contribution < -0.4 is 15.0 Å². The number of hydrogen-bond donors (Lipinski definition) is 2. The number of phenols is 1. The van der Waals surface area contributed by atoms with E-state index in [1.54, 1.807) is 24.3 Å². The first-order valence-corrected chi connectivity index (χ1v) is 8.61. The number of ether oxygens (including phenoxy) is 1. The molecule has 2 N–H and O–H groups in total. The number of alkyl halides is 2. The predicted molar refractivity (Wildman–Crippen MR) is 98.5 cm³/mol. The van der Waals surface area contributed by atoms with Crippen LogP contribution in [0.5, 0.6) is 11.5 Å². The molecule has 0 radical (unpaired) electrons. The first-order valence-electron chi connectivity index (χ1n) is 8.61. The number of nitrogens with zero attached hydrogens (tertiary/aromatic N) is 2. The van der Waals surface area contributed by atoms with Gasteiger partial charge in [-0.15, -0.1) is 0 Å². The molecule has 0 spiro atoms. The molecule has 1 fully saturated rings. The summed E-state index contributed by atoms with van der Waals surface area (Å²) in [5, 5.41) is 12.0. The molecular weight excluding hydrogens is 356 g/mol. The van der Waals surface area contributed by atoms with E-state index in [1.165, 1.54) is 12.1 Å². The van der Waals surface area contributed by atoms with E-state index in [0.29, 0.717) is 13.1 Å². The zero-order chi connectivity index (χ0) is 19.2. The third kappa shape index (κ3) is 5.30. The summed E-state index contributed by atoms with van der Waals surface area (Å²) in [5.74, 6) is -0.110. The van der Waals surface area contributed by atoms with Gasteiger partial charge in [0.25, 0.3) is 0 Å². The van der Waals surface area contributed by atoms with Crippen LogP contribution in [-0.4, -0.2) is 55.2 Å². The fourth-order valence-electron chi connectivity index (χ4n) is 2.99. The maximum atomic E-state index is 12.4. The summed E-state index contributed by atoms with van der Waals surface area (Å²) in [6.45, 7) is 0.127. The van der Waals surface area contributed by atoms with Gasteiger partial charge in [0.2, 0.25) is 5.91 Å². The number of para-hydroxylation sites is 2. The largest absolute Gasteiger partial charge is 0.508 e. The number of nitrogens with one attached hydrogen (secondary N) is 1. The molecule has 0 aliphatic carbocycles. The molecule has 144 valence electrons. The molecule has 1 heterocycles. The first-order chi connectivity index (χ1) is 13.0. The number of carbonyl (C=O) groups excluding carboxylic acids is 1. The Labute approximate surface area is 156 Å². The minimum absolute atomic E-state index is 0.0574. The van der Waals surface area contributed by atoms with Crippen LogP contribution in [0.1, 0.15) is 0 Å². The average molecular weight is 377 g/mol. The zero-order valence-electron chi connectivity index (χ0n) is 14.6. The van der Waals surface area contributed by atoms with E-state index in [-0.39, 0.29) is 29.6 Å². The van der Waals surface area contributed by atoms with Crippen molar-refractivity contribution >= 4 is 17.3 Å². The maximum Gasteiger partial charge on any atom is 0.387 e. The molecule has 27 heavy (non-hydrogen) atoms. The van der Waals surface area contributed by atoms with Crippen LogP contribution in [0.15, 0.2) is 48.5 Å². The number of carbonyl (C=O) groups is 1. The lowest BCUT2D eigenvalue weighted by Gasteiger charge is -2.35. The van der Waals surface area contributed by atoms with Crippen molar-refractivity contribution in [2.45, 2.75) is 6.61 Å². The minimum Gasteiger partial charge on any atom is -0.508 e. The summed E-state index contributed by atoms with van der Waals surface area (Å²) in [5.41, 5.74) is 1.25. The maximum absolute atomic E-state index is 12.4. The van der Waals surface area contributed by atoms with Gasteiger partial charge in [-0.2, -0.15) is 8.78 Å². The second-order valence-corrected chi connectivity index (χ2v) is 6.20. The second kappa shape index (κ2) is 8.68. The molecule has 1 amide bonds. The highest BCUT2D eigenvalue weighted by atomic mass is 19.3. The molecule has 1 aliphatic heterocycles. The van der Waals surface area contributed by atoms with Crippen molar-refractivity contribution in [2.24, 2.45) is 0 Å². The summed E-state index contributed by atoms with van der Waals surface area (Å²) in [7, 11) is 0. The lowest BCUT2D eigenvalue weighted by atomic mass is 10.2. The molecule has 0 atom stereocenters. The Morgan fingerprint density at radius 2 is 1.74 bits per heavy atom. The molecule has 2 aromatic carbocycles. The van der Waals surface area contributed by atoms with Gasteiger partial charge in [-0.3, -0.25) is 9.69 Å². The third-order valence-corrected chi connectivity index (χ3v) is 4.33. The van der Waals surface area contributed by atoms with Crippen molar-refractivity contribution in [1.82, 2.24) is 4.90 Å². The van der Waals surface area contributed by atoms with Crippen LogP contribution >= 0.6 is 0 Å². The molecule has 0 saturated carbocycles. The van der Waals surface area contributed by atoms with Crippen molar-refractivity contribution < 1.29 is 23.4 Å². The van der Waals surface area contributed by atoms with Crippen LogP contribution in [0.25, 0.3) is 0 Å². The highest BCUT2D eigenvalue weighted by Gasteiger charge is 2.20. The van der Waals surface area contributed by atoms with E-state index < -0.39 is 6.61 Å². The number of hydrogen-bond acceptors (Lipinski definition) is 5.